The second-order valence-corrected chi connectivity index (χ2v) is 4.91. The van der Waals surface area contributed by atoms with Crippen LogP contribution in [0.2, 0.25) is 0 Å². The molecule has 80 valence electrons. The molecule has 0 aromatic heterocycles. The summed E-state index contributed by atoms with van der Waals surface area (Å²) >= 11 is 0. The Morgan fingerprint density at radius 1 is 0.929 bits per heavy atom. The Bertz CT molecular complexity index is 200. The molecule has 0 aromatic rings. The monoisotopic (exact) mass is 196 g/mol. The van der Waals surface area contributed by atoms with E-state index in [-0.39, 0.29) is 12.2 Å². The lowest BCUT2D eigenvalue weighted by atomic mass is 9.52. The van der Waals surface area contributed by atoms with Crippen molar-refractivity contribution in [3.63, 3.8) is 0 Å². The van der Waals surface area contributed by atoms with Crippen LogP contribution in [0, 0.1) is 23.7 Å². The molecular formula is C12H20O2. The van der Waals surface area contributed by atoms with Crippen molar-refractivity contribution in [2.45, 2.75) is 38.9 Å². The van der Waals surface area contributed by atoms with Gasteiger partial charge in [-0.2, -0.15) is 0 Å². The number of allylic oxidation sites excluding steroid dienone is 2. The molecule has 1 fully saturated rings. The highest BCUT2D eigenvalue weighted by Gasteiger charge is 2.53. The fourth-order valence-electron chi connectivity index (χ4n) is 3.57. The van der Waals surface area contributed by atoms with Crippen LogP contribution >= 0.6 is 0 Å². The Kier molecular flexibility index (Phi) is 2.67. The molecular weight excluding hydrogens is 176 g/mol. The summed E-state index contributed by atoms with van der Waals surface area (Å²) in [5.41, 5.74) is 0. The third kappa shape index (κ3) is 1.41. The molecule has 0 aromatic carbocycles. The molecule has 2 atom stereocenters. The Morgan fingerprint density at radius 2 is 1.29 bits per heavy atom. The van der Waals surface area contributed by atoms with Gasteiger partial charge in [0.25, 0.3) is 0 Å². The first-order chi connectivity index (χ1) is 6.63. The largest absolute Gasteiger partial charge is 0.393 e. The smallest absolute Gasteiger partial charge is 0.0546 e. The molecule has 3 rings (SSSR count). The normalized spacial score (nSPS) is 45.1. The molecule has 3 aliphatic rings. The molecule has 2 heteroatoms. The first-order valence-electron chi connectivity index (χ1n) is 5.64. The van der Waals surface area contributed by atoms with Crippen molar-refractivity contribution in [1.82, 2.24) is 0 Å². The van der Waals surface area contributed by atoms with Crippen LogP contribution in [-0.4, -0.2) is 22.4 Å². The lowest BCUT2D eigenvalue weighted by Gasteiger charge is -2.54. The highest BCUT2D eigenvalue weighted by Crippen LogP contribution is 2.54. The highest BCUT2D eigenvalue weighted by atomic mass is 16.3. The van der Waals surface area contributed by atoms with E-state index in [1.807, 2.05) is 13.8 Å². The predicted octanol–water partition coefficient (Wildman–Crippen LogP) is 1.58. The lowest BCUT2D eigenvalue weighted by molar-refractivity contribution is -0.128. The van der Waals surface area contributed by atoms with E-state index in [0.717, 1.165) is 12.8 Å². The van der Waals surface area contributed by atoms with Crippen LogP contribution in [0.15, 0.2) is 12.2 Å². The van der Waals surface area contributed by atoms with Crippen molar-refractivity contribution < 1.29 is 10.2 Å². The van der Waals surface area contributed by atoms with E-state index >= 15 is 0 Å². The van der Waals surface area contributed by atoms with Crippen LogP contribution < -0.4 is 0 Å². The summed E-state index contributed by atoms with van der Waals surface area (Å²) in [6.07, 6.45) is 6.04. The molecule has 1 saturated carbocycles. The number of rotatable bonds is 2. The van der Waals surface area contributed by atoms with Gasteiger partial charge in [0.1, 0.15) is 0 Å². The van der Waals surface area contributed by atoms with Crippen molar-refractivity contribution in [2.75, 3.05) is 0 Å². The number of hydrogen-bond donors (Lipinski definition) is 2. The Hall–Kier alpha value is -0.340. The predicted molar refractivity (Wildman–Crippen MR) is 55.7 cm³/mol. The fraction of sp³-hybridized carbons (Fsp3) is 0.833. The maximum atomic E-state index is 9.69. The molecule has 0 radical (unpaired) electrons. The minimum absolute atomic E-state index is 0.222. The van der Waals surface area contributed by atoms with Gasteiger partial charge in [0.15, 0.2) is 0 Å². The lowest BCUT2D eigenvalue weighted by Crippen LogP contribution is -2.54. The quantitative estimate of drug-likeness (QED) is 0.658. The van der Waals surface area contributed by atoms with Crippen molar-refractivity contribution >= 4 is 0 Å². The van der Waals surface area contributed by atoms with Gasteiger partial charge in [0.05, 0.1) is 12.2 Å². The topological polar surface area (TPSA) is 40.5 Å². The number of aliphatic hydroxyl groups is 2. The zero-order valence-electron chi connectivity index (χ0n) is 8.93. The molecule has 0 spiro atoms. The maximum Gasteiger partial charge on any atom is 0.0546 e. The molecule has 3 aliphatic carbocycles. The van der Waals surface area contributed by atoms with E-state index in [4.69, 9.17) is 0 Å². The number of aliphatic hydroxyl groups excluding tert-OH is 2. The van der Waals surface area contributed by atoms with Gasteiger partial charge >= 0.3 is 0 Å². The SMILES string of the molecule is CC(O)C1C2CC=CCC1C2C(C)O. The summed E-state index contributed by atoms with van der Waals surface area (Å²) in [5, 5.41) is 19.4. The van der Waals surface area contributed by atoms with Crippen LogP contribution in [-0.2, 0) is 0 Å². The molecule has 2 nitrogen and oxygen atoms in total. The molecule has 0 amide bonds. The second kappa shape index (κ2) is 3.67. The average molecular weight is 196 g/mol. The third-order valence-corrected chi connectivity index (χ3v) is 4.07. The summed E-state index contributed by atoms with van der Waals surface area (Å²) in [5.74, 6) is 1.81. The van der Waals surface area contributed by atoms with Crippen molar-refractivity contribution in [3.05, 3.63) is 12.2 Å². The molecule has 0 heterocycles. The van der Waals surface area contributed by atoms with Gasteiger partial charge in [-0.15, -0.1) is 0 Å². The van der Waals surface area contributed by atoms with Gasteiger partial charge < -0.3 is 10.2 Å². The first-order valence-corrected chi connectivity index (χ1v) is 5.64. The molecule has 2 unspecified atom stereocenters. The van der Waals surface area contributed by atoms with Gasteiger partial charge in [-0.3, -0.25) is 0 Å². The molecule has 2 bridgehead atoms. The minimum Gasteiger partial charge on any atom is -0.393 e. The van der Waals surface area contributed by atoms with Gasteiger partial charge in [-0.25, -0.2) is 0 Å². The Morgan fingerprint density at radius 3 is 1.57 bits per heavy atom. The minimum atomic E-state index is -0.222. The van der Waals surface area contributed by atoms with Crippen LogP contribution in [0.5, 0.6) is 0 Å². The Balaban J connectivity index is 2.14. The van der Waals surface area contributed by atoms with Gasteiger partial charge in [-0.1, -0.05) is 12.2 Å². The van der Waals surface area contributed by atoms with E-state index in [2.05, 4.69) is 12.2 Å². The van der Waals surface area contributed by atoms with Crippen molar-refractivity contribution in [2.24, 2.45) is 23.7 Å². The van der Waals surface area contributed by atoms with Gasteiger partial charge in [0.2, 0.25) is 0 Å². The molecule has 2 N–H and O–H groups in total. The Labute approximate surface area is 85.6 Å². The summed E-state index contributed by atoms with van der Waals surface area (Å²) in [7, 11) is 0. The third-order valence-electron chi connectivity index (χ3n) is 4.07. The first kappa shape index (κ1) is 10.2. The van der Waals surface area contributed by atoms with Gasteiger partial charge in [0, 0.05) is 0 Å². The fourth-order valence-corrected chi connectivity index (χ4v) is 3.57. The van der Waals surface area contributed by atoms with E-state index < -0.39 is 0 Å². The summed E-state index contributed by atoms with van der Waals surface area (Å²) in [6.45, 7) is 3.77. The van der Waals surface area contributed by atoms with Crippen molar-refractivity contribution in [3.8, 4) is 0 Å². The summed E-state index contributed by atoms with van der Waals surface area (Å²) in [4.78, 5) is 0. The molecule has 0 saturated heterocycles. The molecule has 14 heavy (non-hydrogen) atoms. The standard InChI is InChI=1S/C12H20O2/c1-7(13)11-9-5-3-4-6-10(11)12(9)8(2)14/h3-4,7-14H,5-6H2,1-2H3. The number of fused-ring (bicyclic) bond motifs is 2. The summed E-state index contributed by atoms with van der Waals surface area (Å²) in [6, 6.07) is 0. The van der Waals surface area contributed by atoms with Crippen molar-refractivity contribution in [1.29, 1.82) is 0 Å². The van der Waals surface area contributed by atoms with Gasteiger partial charge in [-0.05, 0) is 50.4 Å². The second-order valence-electron chi connectivity index (χ2n) is 4.91. The van der Waals surface area contributed by atoms with E-state index in [1.54, 1.807) is 0 Å². The zero-order chi connectivity index (χ0) is 10.3. The van der Waals surface area contributed by atoms with Crippen LogP contribution in [0.25, 0.3) is 0 Å². The van der Waals surface area contributed by atoms with E-state index in [9.17, 15) is 10.2 Å². The summed E-state index contributed by atoms with van der Waals surface area (Å²) < 4.78 is 0. The average Bonchev–Trinajstić information content (AvgIpc) is 2.33. The van der Waals surface area contributed by atoms with E-state index in [1.165, 1.54) is 0 Å². The zero-order valence-corrected chi connectivity index (χ0v) is 8.93. The van der Waals surface area contributed by atoms with Crippen LogP contribution in [0.1, 0.15) is 26.7 Å². The van der Waals surface area contributed by atoms with Crippen LogP contribution in [0.4, 0.5) is 0 Å². The number of hydrogen-bond acceptors (Lipinski definition) is 2. The van der Waals surface area contributed by atoms with E-state index in [0.29, 0.717) is 23.7 Å². The molecule has 0 aliphatic heterocycles. The van der Waals surface area contributed by atoms with Crippen LogP contribution in [0.3, 0.4) is 0 Å². The highest BCUT2D eigenvalue weighted by molar-refractivity contribution is 5.09. The maximum absolute atomic E-state index is 9.69.